The van der Waals surface area contributed by atoms with Crippen LogP contribution in [0.4, 0.5) is 5.69 Å². The van der Waals surface area contributed by atoms with Crippen LogP contribution in [0.5, 0.6) is 11.5 Å². The zero-order chi connectivity index (χ0) is 17.2. The van der Waals surface area contributed by atoms with E-state index >= 15 is 0 Å². The number of carbonyl (C=O) groups is 1. The molecule has 0 heterocycles. The first-order valence-electron chi connectivity index (χ1n) is 7.29. The number of anilines is 1. The Labute approximate surface area is 136 Å². The van der Waals surface area contributed by atoms with Gasteiger partial charge in [0.05, 0.1) is 26.2 Å². The molecule has 1 aliphatic rings. The molecule has 8 heteroatoms. The third-order valence-electron chi connectivity index (χ3n) is 3.64. The monoisotopic (exact) mass is 342 g/mol. The van der Waals surface area contributed by atoms with Gasteiger partial charge < -0.3 is 14.8 Å². The molecule has 0 saturated heterocycles. The molecule has 0 radical (unpaired) electrons. The molecule has 1 saturated carbocycles. The van der Waals surface area contributed by atoms with Crippen LogP contribution in [0.2, 0.25) is 0 Å². The van der Waals surface area contributed by atoms with Crippen LogP contribution in [-0.2, 0) is 14.8 Å². The van der Waals surface area contributed by atoms with Crippen LogP contribution in [0, 0.1) is 0 Å². The first kappa shape index (κ1) is 17.4. The van der Waals surface area contributed by atoms with Crippen molar-refractivity contribution in [2.75, 3.05) is 24.8 Å². The Kier molecular flexibility index (Phi) is 5.03. The number of rotatable bonds is 7. The number of nitrogens with one attached hydrogen (secondary N) is 1. The van der Waals surface area contributed by atoms with Crippen molar-refractivity contribution >= 4 is 21.6 Å². The fraction of sp³-hybridized carbons (Fsp3) is 0.533. The zero-order valence-electron chi connectivity index (χ0n) is 13.7. The predicted molar refractivity (Wildman–Crippen MR) is 87.5 cm³/mol. The van der Waals surface area contributed by atoms with Gasteiger partial charge in [0.15, 0.2) is 0 Å². The number of nitrogens with zero attached hydrogens (tertiary/aromatic N) is 1. The number of sulfonamides is 1. The number of amides is 1. The predicted octanol–water partition coefficient (Wildman–Crippen LogP) is 1.14. The molecule has 0 bridgehead atoms. The van der Waals surface area contributed by atoms with E-state index in [9.17, 15) is 13.2 Å². The number of hydrogen-bond acceptors (Lipinski definition) is 5. The van der Waals surface area contributed by atoms with Crippen molar-refractivity contribution < 1.29 is 22.7 Å². The lowest BCUT2D eigenvalue weighted by Gasteiger charge is -2.29. The Bertz CT molecular complexity index is 685. The molecule has 1 N–H and O–H groups in total. The summed E-state index contributed by atoms with van der Waals surface area (Å²) in [6.07, 6.45) is 2.92. The minimum atomic E-state index is -3.70. The summed E-state index contributed by atoms with van der Waals surface area (Å²) in [7, 11) is -0.767. The number of benzene rings is 1. The van der Waals surface area contributed by atoms with Crippen molar-refractivity contribution in [2.45, 2.75) is 31.8 Å². The van der Waals surface area contributed by atoms with Gasteiger partial charge in [0.2, 0.25) is 15.9 Å². The second kappa shape index (κ2) is 6.66. The van der Waals surface area contributed by atoms with Crippen LogP contribution >= 0.6 is 0 Å². The Hall–Kier alpha value is -1.96. The summed E-state index contributed by atoms with van der Waals surface area (Å²) in [5, 5.41) is 2.82. The van der Waals surface area contributed by atoms with Crippen LogP contribution in [-0.4, -0.2) is 46.9 Å². The van der Waals surface area contributed by atoms with Crippen LogP contribution in [0.1, 0.15) is 19.8 Å². The van der Waals surface area contributed by atoms with Gasteiger partial charge >= 0.3 is 0 Å². The normalized spacial score (nSPS) is 15.7. The van der Waals surface area contributed by atoms with Gasteiger partial charge in [-0.1, -0.05) is 0 Å². The molecule has 1 amide bonds. The Balaban J connectivity index is 2.44. The molecule has 23 heavy (non-hydrogen) atoms. The summed E-state index contributed by atoms with van der Waals surface area (Å²) < 4.78 is 36.1. The summed E-state index contributed by atoms with van der Waals surface area (Å²) >= 11 is 0. The minimum Gasteiger partial charge on any atom is -0.497 e. The molecule has 1 fully saturated rings. The van der Waals surface area contributed by atoms with Crippen LogP contribution in [0.3, 0.4) is 0 Å². The van der Waals surface area contributed by atoms with Crippen molar-refractivity contribution in [1.29, 1.82) is 0 Å². The van der Waals surface area contributed by atoms with Crippen molar-refractivity contribution in [3.63, 3.8) is 0 Å². The van der Waals surface area contributed by atoms with E-state index in [-0.39, 0.29) is 17.6 Å². The highest BCUT2D eigenvalue weighted by Crippen LogP contribution is 2.35. The minimum absolute atomic E-state index is 0.151. The van der Waals surface area contributed by atoms with Gasteiger partial charge in [-0.05, 0) is 31.9 Å². The molecule has 0 aromatic heterocycles. The smallest absolute Gasteiger partial charge is 0.243 e. The number of ether oxygens (including phenoxy) is 2. The maximum atomic E-state index is 12.3. The molecule has 1 atom stereocenters. The molecule has 1 aliphatic carbocycles. The van der Waals surface area contributed by atoms with E-state index in [1.807, 2.05) is 0 Å². The fourth-order valence-corrected chi connectivity index (χ4v) is 3.47. The van der Waals surface area contributed by atoms with E-state index in [4.69, 9.17) is 9.47 Å². The largest absolute Gasteiger partial charge is 0.497 e. The highest BCUT2D eigenvalue weighted by Gasteiger charge is 2.34. The van der Waals surface area contributed by atoms with Crippen molar-refractivity contribution in [1.82, 2.24) is 5.32 Å². The van der Waals surface area contributed by atoms with Crippen LogP contribution in [0.15, 0.2) is 18.2 Å². The fourth-order valence-electron chi connectivity index (χ4n) is 2.30. The van der Waals surface area contributed by atoms with E-state index in [2.05, 4.69) is 5.32 Å². The number of carbonyl (C=O) groups excluding carboxylic acids is 1. The third kappa shape index (κ3) is 4.07. The standard InChI is InChI=1S/C15H22N2O5S/c1-10(15(18)16-11-5-6-11)17(23(4,19)20)13-9-12(21-2)7-8-14(13)22-3/h7-11H,5-6H2,1-4H3,(H,16,18)/t10-/m0/s1. The molecule has 2 rings (SSSR count). The van der Waals surface area contributed by atoms with E-state index < -0.39 is 16.1 Å². The maximum absolute atomic E-state index is 12.3. The zero-order valence-corrected chi connectivity index (χ0v) is 14.5. The van der Waals surface area contributed by atoms with Gasteiger partial charge in [0.25, 0.3) is 0 Å². The molecular formula is C15H22N2O5S. The summed E-state index contributed by atoms with van der Waals surface area (Å²) in [4.78, 5) is 12.3. The molecule has 1 aromatic rings. The Morgan fingerprint density at radius 2 is 1.96 bits per heavy atom. The average molecular weight is 342 g/mol. The maximum Gasteiger partial charge on any atom is 0.243 e. The lowest BCUT2D eigenvalue weighted by molar-refractivity contribution is -0.121. The SMILES string of the molecule is COc1ccc(OC)c(N([C@@H](C)C(=O)NC2CC2)S(C)(=O)=O)c1. The summed E-state index contributed by atoms with van der Waals surface area (Å²) in [6.45, 7) is 1.55. The van der Waals surface area contributed by atoms with Crippen molar-refractivity contribution in [3.8, 4) is 11.5 Å². The summed E-state index contributed by atoms with van der Waals surface area (Å²) in [6, 6.07) is 4.07. The van der Waals surface area contributed by atoms with Gasteiger partial charge in [-0.2, -0.15) is 0 Å². The molecule has 128 valence electrons. The number of methoxy groups -OCH3 is 2. The number of hydrogen-bond donors (Lipinski definition) is 1. The molecule has 0 aliphatic heterocycles. The van der Waals surface area contributed by atoms with Gasteiger partial charge in [-0.25, -0.2) is 8.42 Å². The van der Waals surface area contributed by atoms with Crippen molar-refractivity contribution in [2.24, 2.45) is 0 Å². The van der Waals surface area contributed by atoms with E-state index in [0.717, 1.165) is 23.4 Å². The van der Waals surface area contributed by atoms with E-state index in [0.29, 0.717) is 11.5 Å². The lowest BCUT2D eigenvalue weighted by Crippen LogP contribution is -2.48. The van der Waals surface area contributed by atoms with Crippen LogP contribution < -0.4 is 19.1 Å². The molecule has 0 unspecified atom stereocenters. The van der Waals surface area contributed by atoms with Crippen molar-refractivity contribution in [3.05, 3.63) is 18.2 Å². The highest BCUT2D eigenvalue weighted by molar-refractivity contribution is 7.92. The van der Waals surface area contributed by atoms with E-state index in [1.165, 1.54) is 14.2 Å². The average Bonchev–Trinajstić information content (AvgIpc) is 3.29. The Morgan fingerprint density at radius 1 is 1.30 bits per heavy atom. The molecule has 1 aromatic carbocycles. The second-order valence-electron chi connectivity index (χ2n) is 5.56. The van der Waals surface area contributed by atoms with E-state index in [1.54, 1.807) is 25.1 Å². The first-order chi connectivity index (χ1) is 10.8. The first-order valence-corrected chi connectivity index (χ1v) is 9.14. The topological polar surface area (TPSA) is 84.9 Å². The molecular weight excluding hydrogens is 320 g/mol. The summed E-state index contributed by atoms with van der Waals surface area (Å²) in [5.41, 5.74) is 0.271. The second-order valence-corrected chi connectivity index (χ2v) is 7.41. The third-order valence-corrected chi connectivity index (χ3v) is 4.86. The highest BCUT2D eigenvalue weighted by atomic mass is 32.2. The molecule has 0 spiro atoms. The Morgan fingerprint density at radius 3 is 2.43 bits per heavy atom. The van der Waals surface area contributed by atoms with Crippen LogP contribution in [0.25, 0.3) is 0 Å². The summed E-state index contributed by atoms with van der Waals surface area (Å²) in [5.74, 6) is 0.495. The van der Waals surface area contributed by atoms with Gasteiger partial charge in [0.1, 0.15) is 17.5 Å². The van der Waals surface area contributed by atoms with Gasteiger partial charge in [0, 0.05) is 12.1 Å². The lowest BCUT2D eigenvalue weighted by atomic mass is 10.2. The quantitative estimate of drug-likeness (QED) is 0.803. The molecule has 7 nitrogen and oxygen atoms in total. The van der Waals surface area contributed by atoms with Gasteiger partial charge in [-0.3, -0.25) is 9.10 Å². The van der Waals surface area contributed by atoms with Gasteiger partial charge in [-0.15, -0.1) is 0 Å².